The summed E-state index contributed by atoms with van der Waals surface area (Å²) in [6.45, 7) is 23.3. The molecule has 10 heteroatoms. The van der Waals surface area contributed by atoms with Crippen LogP contribution in [0.5, 0.6) is 0 Å². The minimum Gasteiger partial charge on any atom is -0.361 e. The number of ether oxygens (including phenoxy) is 2. The summed E-state index contributed by atoms with van der Waals surface area (Å²) in [5.74, 6) is 0.376. The average Bonchev–Trinajstić information content (AvgIpc) is 3.55. The predicted octanol–water partition coefficient (Wildman–Crippen LogP) is 7.40. The molecule has 0 saturated heterocycles. The third-order valence-corrected chi connectivity index (χ3v) is 10.6. The highest BCUT2D eigenvalue weighted by Gasteiger charge is 2.26. The van der Waals surface area contributed by atoms with E-state index in [2.05, 4.69) is 67.9 Å². The molecule has 0 unspecified atom stereocenters. The number of nitrogens with zero attached hydrogens (tertiary/aromatic N) is 4. The van der Waals surface area contributed by atoms with E-state index in [9.17, 15) is 4.39 Å². The van der Waals surface area contributed by atoms with Crippen LogP contribution in [0.15, 0.2) is 36.7 Å². The number of fused-ring (bicyclic) bond motifs is 2. The van der Waals surface area contributed by atoms with E-state index in [1.807, 2.05) is 17.7 Å². The lowest BCUT2D eigenvalue weighted by molar-refractivity contribution is 0.0815. The van der Waals surface area contributed by atoms with Gasteiger partial charge in [-0.25, -0.2) is 14.1 Å². The van der Waals surface area contributed by atoms with Crippen molar-refractivity contribution in [2.24, 2.45) is 0 Å². The molecule has 0 bridgehead atoms. The molecule has 40 heavy (non-hydrogen) atoms. The largest absolute Gasteiger partial charge is 0.361 e. The van der Waals surface area contributed by atoms with Crippen LogP contribution in [0, 0.1) is 0 Å². The second kappa shape index (κ2) is 12.6. The first-order chi connectivity index (χ1) is 18.9. The van der Waals surface area contributed by atoms with Crippen molar-refractivity contribution >= 4 is 32.6 Å². The normalized spacial score (nSPS) is 14.3. The summed E-state index contributed by atoms with van der Waals surface area (Å²) < 4.78 is 30.2. The van der Waals surface area contributed by atoms with E-state index in [0.717, 1.165) is 76.7 Å². The van der Waals surface area contributed by atoms with Crippen LogP contribution in [0.3, 0.4) is 0 Å². The van der Waals surface area contributed by atoms with Crippen molar-refractivity contribution in [3.8, 4) is 11.5 Å². The van der Waals surface area contributed by atoms with Crippen molar-refractivity contribution in [3.05, 3.63) is 53.6 Å². The molecule has 1 aromatic carbocycles. The van der Waals surface area contributed by atoms with Crippen LogP contribution in [0.2, 0.25) is 51.4 Å². The summed E-state index contributed by atoms with van der Waals surface area (Å²) in [5, 5.41) is 9.47. The molecule has 1 aliphatic rings. The first kappa shape index (κ1) is 30.6. The van der Waals surface area contributed by atoms with E-state index in [4.69, 9.17) is 19.6 Å². The molecule has 1 N–H and O–H groups in total. The van der Waals surface area contributed by atoms with E-state index in [0.29, 0.717) is 26.5 Å². The molecular weight excluding hydrogens is 538 g/mol. The van der Waals surface area contributed by atoms with Crippen molar-refractivity contribution in [3.63, 3.8) is 0 Å². The van der Waals surface area contributed by atoms with Crippen molar-refractivity contribution in [2.45, 2.75) is 91.3 Å². The lowest BCUT2D eigenvalue weighted by atomic mass is 10.0. The van der Waals surface area contributed by atoms with E-state index < -0.39 is 22.0 Å². The van der Waals surface area contributed by atoms with Crippen molar-refractivity contribution < 1.29 is 13.9 Å². The standard InChI is InChI=1S/C30H46FN5O2Si2/c1-9-23(16-22(2)31)24-10-11-25-27(17-24)36(21-38-13-15-40(6,7)8)34-29(25)30-33-26-18-32-19-28(26)35(30)20-37-12-14-39(3,4)5/h10-11,16-17,32H,2,9,12-15,18-21H2,1,3-8H3/b23-16+. The summed E-state index contributed by atoms with van der Waals surface area (Å²) in [6, 6.07) is 8.40. The second-order valence-electron chi connectivity index (χ2n) is 13.1. The Kier molecular flexibility index (Phi) is 9.67. The zero-order valence-electron chi connectivity index (χ0n) is 25.4. The molecule has 2 aromatic heterocycles. The molecule has 0 radical (unpaired) electrons. The highest BCUT2D eigenvalue weighted by atomic mass is 28.3. The zero-order chi connectivity index (χ0) is 29.1. The Morgan fingerprint density at radius 1 is 1.05 bits per heavy atom. The van der Waals surface area contributed by atoms with Crippen LogP contribution in [-0.2, 0) is 36.0 Å². The Bertz CT molecular complexity index is 1380. The highest BCUT2D eigenvalue weighted by molar-refractivity contribution is 6.76. The molecule has 0 saturated carbocycles. The van der Waals surface area contributed by atoms with Gasteiger partial charge >= 0.3 is 0 Å². The van der Waals surface area contributed by atoms with Gasteiger partial charge in [-0.1, -0.05) is 58.9 Å². The first-order valence-corrected chi connectivity index (χ1v) is 21.8. The third kappa shape index (κ3) is 7.67. The lowest BCUT2D eigenvalue weighted by Crippen LogP contribution is -2.22. The van der Waals surface area contributed by atoms with Crippen LogP contribution in [0.4, 0.5) is 4.39 Å². The molecule has 0 atom stereocenters. The minimum atomic E-state index is -1.21. The maximum atomic E-state index is 13.7. The molecule has 218 valence electrons. The Hall–Kier alpha value is -2.38. The van der Waals surface area contributed by atoms with Gasteiger partial charge in [0.15, 0.2) is 5.82 Å². The summed E-state index contributed by atoms with van der Waals surface area (Å²) >= 11 is 0. The summed E-state index contributed by atoms with van der Waals surface area (Å²) in [7, 11) is -2.40. The number of allylic oxidation sites excluding steroid dienone is 3. The third-order valence-electron chi connectivity index (χ3n) is 7.21. The van der Waals surface area contributed by atoms with Gasteiger partial charge in [0.25, 0.3) is 0 Å². The maximum absolute atomic E-state index is 13.7. The van der Waals surface area contributed by atoms with Crippen molar-refractivity contribution in [2.75, 3.05) is 13.2 Å². The van der Waals surface area contributed by atoms with Crippen molar-refractivity contribution in [1.29, 1.82) is 0 Å². The van der Waals surface area contributed by atoms with E-state index >= 15 is 0 Å². The van der Waals surface area contributed by atoms with Crippen LogP contribution in [0.25, 0.3) is 28.0 Å². The van der Waals surface area contributed by atoms with Crippen LogP contribution in [0.1, 0.15) is 30.3 Å². The molecule has 0 fully saturated rings. The van der Waals surface area contributed by atoms with Gasteiger partial charge in [0.2, 0.25) is 0 Å². The van der Waals surface area contributed by atoms with E-state index in [1.165, 1.54) is 6.08 Å². The van der Waals surface area contributed by atoms with Gasteiger partial charge in [-0.2, -0.15) is 5.10 Å². The van der Waals surface area contributed by atoms with Crippen LogP contribution < -0.4 is 5.32 Å². The van der Waals surface area contributed by atoms with Gasteiger partial charge in [-0.3, -0.25) is 0 Å². The van der Waals surface area contributed by atoms with E-state index in [1.54, 1.807) is 0 Å². The van der Waals surface area contributed by atoms with Crippen LogP contribution >= 0.6 is 0 Å². The Balaban J connectivity index is 1.73. The maximum Gasteiger partial charge on any atom is 0.163 e. The number of hydrogen-bond donors (Lipinski definition) is 1. The molecule has 3 heterocycles. The number of imidazole rings is 1. The topological polar surface area (TPSA) is 66.1 Å². The van der Waals surface area contributed by atoms with Crippen LogP contribution in [-0.4, -0.2) is 48.7 Å². The minimum absolute atomic E-state index is 0.347. The van der Waals surface area contributed by atoms with Gasteiger partial charge < -0.3 is 19.4 Å². The molecule has 3 aromatic rings. The van der Waals surface area contributed by atoms with Gasteiger partial charge in [-0.15, -0.1) is 0 Å². The predicted molar refractivity (Wildman–Crippen MR) is 168 cm³/mol. The molecule has 7 nitrogen and oxygen atoms in total. The fourth-order valence-corrected chi connectivity index (χ4v) is 6.29. The molecule has 4 rings (SSSR count). The number of aromatic nitrogens is 4. The van der Waals surface area contributed by atoms with Gasteiger partial charge in [0.05, 0.1) is 16.9 Å². The molecular formula is C30H46FN5O2Si2. The average molecular weight is 584 g/mol. The molecule has 0 spiro atoms. The summed E-state index contributed by atoms with van der Waals surface area (Å²) in [4.78, 5) is 5.04. The SMILES string of the molecule is C=C(F)/C=C(\CC)c1ccc2c(-c3nc4c(n3COCC[Si](C)(C)C)CNC4)nn(COCC[Si](C)(C)C)c2c1. The van der Waals surface area contributed by atoms with Gasteiger partial charge in [-0.05, 0) is 47.9 Å². The van der Waals surface area contributed by atoms with Gasteiger partial charge in [0, 0.05) is 47.8 Å². The highest BCUT2D eigenvalue weighted by Crippen LogP contribution is 2.33. The molecule has 0 aliphatic carbocycles. The second-order valence-corrected chi connectivity index (χ2v) is 24.3. The zero-order valence-corrected chi connectivity index (χ0v) is 27.4. The quantitative estimate of drug-likeness (QED) is 0.122. The number of nitrogens with one attached hydrogen (secondary N) is 1. The summed E-state index contributed by atoms with van der Waals surface area (Å²) in [5.41, 5.74) is 5.81. The smallest absolute Gasteiger partial charge is 0.163 e. The Morgan fingerprint density at radius 2 is 1.73 bits per heavy atom. The lowest BCUT2D eigenvalue weighted by Gasteiger charge is -2.16. The molecule has 1 aliphatic heterocycles. The number of hydrogen-bond acceptors (Lipinski definition) is 5. The number of halogens is 1. The summed E-state index contributed by atoms with van der Waals surface area (Å²) in [6.07, 6.45) is 2.20. The fourth-order valence-electron chi connectivity index (χ4n) is 4.77. The first-order valence-electron chi connectivity index (χ1n) is 14.4. The Morgan fingerprint density at radius 3 is 2.35 bits per heavy atom. The molecule has 0 amide bonds. The van der Waals surface area contributed by atoms with E-state index in [-0.39, 0.29) is 0 Å². The van der Waals surface area contributed by atoms with Gasteiger partial charge in [0.1, 0.15) is 25.0 Å². The van der Waals surface area contributed by atoms with Crippen molar-refractivity contribution in [1.82, 2.24) is 24.6 Å². The fraction of sp³-hybridized carbons (Fsp3) is 0.533. The Labute approximate surface area is 240 Å². The monoisotopic (exact) mass is 583 g/mol. The number of rotatable bonds is 14. The number of benzene rings is 1.